The van der Waals surface area contributed by atoms with Crippen LogP contribution >= 0.6 is 11.6 Å². The van der Waals surface area contributed by atoms with E-state index < -0.39 is 19.2 Å². The molecule has 2 nitrogen and oxygen atoms in total. The summed E-state index contributed by atoms with van der Waals surface area (Å²) in [6, 6.07) is 4.63. The Labute approximate surface area is 96.1 Å². The van der Waals surface area contributed by atoms with Gasteiger partial charge in [-0.05, 0) is 17.7 Å². The van der Waals surface area contributed by atoms with Crippen LogP contribution in [0.2, 0.25) is 5.02 Å². The van der Waals surface area contributed by atoms with E-state index in [0.29, 0.717) is 10.8 Å². The number of alkyl halides is 3. The molecule has 0 saturated carbocycles. The first kappa shape index (κ1) is 13.1. The van der Waals surface area contributed by atoms with E-state index in [4.69, 9.17) is 22.1 Å². The molecule has 0 aliphatic heterocycles. The minimum absolute atomic E-state index is 0.279. The molecule has 0 saturated heterocycles. The van der Waals surface area contributed by atoms with Crippen molar-refractivity contribution in [2.24, 2.45) is 5.73 Å². The highest BCUT2D eigenvalue weighted by Gasteiger charge is 2.26. The topological polar surface area (TPSA) is 35.2 Å². The van der Waals surface area contributed by atoms with Gasteiger partial charge in [0.15, 0.2) is 0 Å². The van der Waals surface area contributed by atoms with Gasteiger partial charge in [-0.1, -0.05) is 17.7 Å². The summed E-state index contributed by atoms with van der Waals surface area (Å²) in [5.74, 6) is 0.312. The molecule has 2 N–H and O–H groups in total. The highest BCUT2D eigenvalue weighted by atomic mass is 35.5. The average Bonchev–Trinajstić information content (AvgIpc) is 2.16. The minimum Gasteiger partial charge on any atom is -0.493 e. The van der Waals surface area contributed by atoms with Crippen molar-refractivity contribution in [3.05, 3.63) is 28.8 Å². The van der Waals surface area contributed by atoms with Crippen molar-refractivity contribution in [1.82, 2.24) is 0 Å². The van der Waals surface area contributed by atoms with Gasteiger partial charge in [0.1, 0.15) is 5.75 Å². The lowest BCUT2D eigenvalue weighted by molar-refractivity contribution is -0.139. The Morgan fingerprint density at radius 3 is 2.50 bits per heavy atom. The molecule has 1 aromatic carbocycles. The van der Waals surface area contributed by atoms with Crippen molar-refractivity contribution in [2.45, 2.75) is 19.1 Å². The van der Waals surface area contributed by atoms with Crippen LogP contribution in [0, 0.1) is 0 Å². The number of rotatable bonds is 4. The molecular weight excluding hydrogens is 243 g/mol. The van der Waals surface area contributed by atoms with Crippen LogP contribution in [0.4, 0.5) is 13.2 Å². The summed E-state index contributed by atoms with van der Waals surface area (Å²) in [4.78, 5) is 0. The first-order valence-corrected chi connectivity index (χ1v) is 4.98. The summed E-state index contributed by atoms with van der Waals surface area (Å²) in [6.07, 6.45) is -5.19. The number of halogens is 4. The molecule has 0 radical (unpaired) electrons. The lowest BCUT2D eigenvalue weighted by atomic mass is 10.2. The molecule has 0 bridgehead atoms. The first-order chi connectivity index (χ1) is 7.42. The van der Waals surface area contributed by atoms with Gasteiger partial charge in [-0.25, -0.2) is 0 Å². The van der Waals surface area contributed by atoms with Crippen LogP contribution in [-0.2, 0) is 6.54 Å². The highest BCUT2D eigenvalue weighted by Crippen LogP contribution is 2.24. The summed E-state index contributed by atoms with van der Waals surface area (Å²) in [5.41, 5.74) is 6.11. The van der Waals surface area contributed by atoms with Gasteiger partial charge in [0.2, 0.25) is 0 Å². The molecule has 0 unspecified atom stereocenters. The second kappa shape index (κ2) is 5.41. The molecule has 0 amide bonds. The van der Waals surface area contributed by atoms with E-state index in [1.807, 2.05) is 0 Å². The fourth-order valence-corrected chi connectivity index (χ4v) is 1.32. The van der Waals surface area contributed by atoms with E-state index in [9.17, 15) is 13.2 Å². The molecule has 0 fully saturated rings. The fourth-order valence-electron chi connectivity index (χ4n) is 1.07. The van der Waals surface area contributed by atoms with Gasteiger partial charge in [-0.3, -0.25) is 0 Å². The van der Waals surface area contributed by atoms with Crippen LogP contribution in [0.3, 0.4) is 0 Å². The maximum absolute atomic E-state index is 11.8. The fraction of sp³-hybridized carbons (Fsp3) is 0.400. The summed E-state index contributed by atoms with van der Waals surface area (Å²) in [6.45, 7) is -0.135. The monoisotopic (exact) mass is 253 g/mol. The van der Waals surface area contributed by atoms with Crippen molar-refractivity contribution in [3.8, 4) is 5.75 Å². The van der Waals surface area contributed by atoms with Crippen molar-refractivity contribution >= 4 is 11.6 Å². The zero-order valence-corrected chi connectivity index (χ0v) is 9.11. The summed E-state index contributed by atoms with van der Waals surface area (Å²) in [7, 11) is 0. The summed E-state index contributed by atoms with van der Waals surface area (Å²) >= 11 is 5.82. The van der Waals surface area contributed by atoms with E-state index >= 15 is 0 Å². The molecule has 0 aromatic heterocycles. The highest BCUT2D eigenvalue weighted by molar-refractivity contribution is 6.31. The number of hydrogen-bond donors (Lipinski definition) is 1. The van der Waals surface area contributed by atoms with Crippen LogP contribution in [0.15, 0.2) is 18.2 Å². The van der Waals surface area contributed by atoms with Crippen molar-refractivity contribution in [2.75, 3.05) is 6.61 Å². The summed E-state index contributed by atoms with van der Waals surface area (Å²) in [5, 5.41) is 0.395. The predicted octanol–water partition coefficient (Wildman–Crippen LogP) is 3.13. The number of hydrogen-bond acceptors (Lipinski definition) is 2. The largest absolute Gasteiger partial charge is 0.493 e. The molecule has 90 valence electrons. The Morgan fingerprint density at radius 2 is 2.00 bits per heavy atom. The molecule has 6 heteroatoms. The second-order valence-corrected chi connectivity index (χ2v) is 3.58. The lowest BCUT2D eigenvalue weighted by Gasteiger charge is -2.09. The molecule has 0 aliphatic carbocycles. The van der Waals surface area contributed by atoms with E-state index in [2.05, 4.69) is 0 Å². The zero-order valence-electron chi connectivity index (χ0n) is 8.35. The zero-order chi connectivity index (χ0) is 12.2. The lowest BCUT2D eigenvalue weighted by Crippen LogP contribution is -2.13. The molecular formula is C10H11ClF3NO. The van der Waals surface area contributed by atoms with Gasteiger partial charge >= 0.3 is 6.18 Å². The minimum atomic E-state index is -4.21. The average molecular weight is 254 g/mol. The number of ether oxygens (including phenoxy) is 1. The Morgan fingerprint density at radius 1 is 1.31 bits per heavy atom. The smallest absolute Gasteiger partial charge is 0.392 e. The van der Waals surface area contributed by atoms with Gasteiger partial charge in [0, 0.05) is 11.6 Å². The molecule has 1 aromatic rings. The normalized spacial score (nSPS) is 11.6. The van der Waals surface area contributed by atoms with Gasteiger partial charge in [0.25, 0.3) is 0 Å². The second-order valence-electron chi connectivity index (χ2n) is 3.17. The van der Waals surface area contributed by atoms with Crippen LogP contribution in [0.1, 0.15) is 12.0 Å². The summed E-state index contributed by atoms with van der Waals surface area (Å²) < 4.78 is 40.4. The van der Waals surface area contributed by atoms with Crippen molar-refractivity contribution in [3.63, 3.8) is 0 Å². The molecule has 0 atom stereocenters. The van der Waals surface area contributed by atoms with Crippen LogP contribution in [0.25, 0.3) is 0 Å². The third-order valence-corrected chi connectivity index (χ3v) is 2.25. The molecule has 0 aliphatic rings. The number of benzene rings is 1. The maximum Gasteiger partial charge on any atom is 0.392 e. The molecule has 16 heavy (non-hydrogen) atoms. The van der Waals surface area contributed by atoms with Gasteiger partial charge < -0.3 is 10.5 Å². The quantitative estimate of drug-likeness (QED) is 0.895. The van der Waals surface area contributed by atoms with Crippen molar-refractivity contribution in [1.29, 1.82) is 0 Å². The van der Waals surface area contributed by atoms with E-state index in [1.54, 1.807) is 12.1 Å². The van der Waals surface area contributed by atoms with Gasteiger partial charge in [-0.15, -0.1) is 0 Å². The third kappa shape index (κ3) is 4.28. The van der Waals surface area contributed by atoms with Gasteiger partial charge in [-0.2, -0.15) is 13.2 Å². The molecule has 0 heterocycles. The first-order valence-electron chi connectivity index (χ1n) is 4.60. The van der Waals surface area contributed by atoms with Crippen LogP contribution < -0.4 is 10.5 Å². The van der Waals surface area contributed by atoms with E-state index in [1.165, 1.54) is 6.07 Å². The predicted molar refractivity (Wildman–Crippen MR) is 55.5 cm³/mol. The molecule has 1 rings (SSSR count). The Balaban J connectivity index is 2.52. The Kier molecular flexibility index (Phi) is 4.44. The van der Waals surface area contributed by atoms with E-state index in [-0.39, 0.29) is 6.54 Å². The maximum atomic E-state index is 11.8. The number of nitrogens with two attached hydrogens (primary N) is 1. The Bertz CT molecular complexity index is 354. The SMILES string of the molecule is NCc1ccc(OCCC(F)(F)F)cc1Cl. The molecule has 0 spiro atoms. The van der Waals surface area contributed by atoms with Gasteiger partial charge in [0.05, 0.1) is 13.0 Å². The van der Waals surface area contributed by atoms with Crippen LogP contribution in [-0.4, -0.2) is 12.8 Å². The van der Waals surface area contributed by atoms with Crippen molar-refractivity contribution < 1.29 is 17.9 Å². The third-order valence-electron chi connectivity index (χ3n) is 1.90. The standard InChI is InChI=1S/C10H11ClF3NO/c11-9-5-8(2-1-7(9)6-15)16-4-3-10(12,13)14/h1-2,5H,3-4,6,15H2. The Hall–Kier alpha value is -0.940. The van der Waals surface area contributed by atoms with Crippen LogP contribution in [0.5, 0.6) is 5.75 Å². The van der Waals surface area contributed by atoms with E-state index in [0.717, 1.165) is 5.56 Å².